The van der Waals surface area contributed by atoms with Crippen LogP contribution in [-0.2, 0) is 0 Å². The Morgan fingerprint density at radius 1 is 1.28 bits per heavy atom. The molecule has 0 bridgehead atoms. The lowest BCUT2D eigenvalue weighted by molar-refractivity contribution is -0.605. The lowest BCUT2D eigenvalue weighted by Crippen LogP contribution is -2.27. The van der Waals surface area contributed by atoms with Crippen LogP contribution in [0.25, 0.3) is 0 Å². The zero-order valence-electron chi connectivity index (χ0n) is 9.79. The van der Waals surface area contributed by atoms with Gasteiger partial charge in [-0.15, -0.1) is 0 Å². The number of amides is 1. The van der Waals surface area contributed by atoms with Crippen LogP contribution in [0.4, 0.5) is 5.69 Å². The number of pyridine rings is 1. The average Bonchev–Trinajstić information content (AvgIpc) is 2.39. The molecule has 92 valence electrons. The number of ether oxygens (including phenoxy) is 1. The minimum Gasteiger partial charge on any atom is -0.619 e. The second kappa shape index (κ2) is 5.18. The average molecular weight is 244 g/mol. The maximum absolute atomic E-state index is 11.8. The lowest BCUT2D eigenvalue weighted by atomic mass is 10.2. The van der Waals surface area contributed by atoms with Gasteiger partial charge in [-0.2, -0.15) is 4.73 Å². The van der Waals surface area contributed by atoms with Gasteiger partial charge in [0.05, 0.1) is 7.11 Å². The summed E-state index contributed by atoms with van der Waals surface area (Å²) < 4.78 is 5.60. The molecule has 0 radical (unpaired) electrons. The first kappa shape index (κ1) is 11.9. The lowest BCUT2D eigenvalue weighted by Gasteiger charge is -2.06. The van der Waals surface area contributed by atoms with Crippen LogP contribution in [0.5, 0.6) is 5.75 Å². The molecule has 2 aromatic rings. The number of hydrogen-bond donors (Lipinski definition) is 1. The minimum atomic E-state index is -0.328. The summed E-state index contributed by atoms with van der Waals surface area (Å²) in [6, 6.07) is 10.0. The molecule has 0 atom stereocenters. The molecule has 1 aromatic heterocycles. The van der Waals surface area contributed by atoms with Crippen molar-refractivity contribution < 1.29 is 14.3 Å². The summed E-state index contributed by atoms with van der Waals surface area (Å²) >= 11 is 0. The van der Waals surface area contributed by atoms with Crippen LogP contribution in [0.3, 0.4) is 0 Å². The number of hydrogen-bond acceptors (Lipinski definition) is 3. The summed E-state index contributed by atoms with van der Waals surface area (Å²) in [5, 5.41) is 13.7. The molecular weight excluding hydrogens is 232 g/mol. The van der Waals surface area contributed by atoms with E-state index in [-0.39, 0.29) is 5.91 Å². The highest BCUT2D eigenvalue weighted by Gasteiger charge is 2.08. The van der Waals surface area contributed by atoms with Crippen molar-refractivity contribution in [2.75, 3.05) is 12.4 Å². The molecule has 5 nitrogen and oxygen atoms in total. The first-order valence-electron chi connectivity index (χ1n) is 5.33. The van der Waals surface area contributed by atoms with E-state index in [1.807, 2.05) is 0 Å². The minimum absolute atomic E-state index is 0.309. The van der Waals surface area contributed by atoms with Crippen molar-refractivity contribution >= 4 is 11.6 Å². The number of methoxy groups -OCH3 is 1. The number of aromatic nitrogens is 1. The van der Waals surface area contributed by atoms with E-state index >= 15 is 0 Å². The van der Waals surface area contributed by atoms with Gasteiger partial charge in [0.15, 0.2) is 12.4 Å². The third-order valence-corrected chi connectivity index (χ3v) is 2.39. The Morgan fingerprint density at radius 2 is 2.00 bits per heavy atom. The fraction of sp³-hybridized carbons (Fsp3) is 0.0769. The molecule has 2 rings (SSSR count). The van der Waals surface area contributed by atoms with Gasteiger partial charge in [0.1, 0.15) is 11.3 Å². The third kappa shape index (κ3) is 2.76. The van der Waals surface area contributed by atoms with Crippen LogP contribution >= 0.6 is 0 Å². The van der Waals surface area contributed by atoms with Crippen molar-refractivity contribution in [3.63, 3.8) is 0 Å². The number of carbonyl (C=O) groups excluding carboxylic acids is 1. The number of carbonyl (C=O) groups is 1. The van der Waals surface area contributed by atoms with Gasteiger partial charge in [0.25, 0.3) is 5.91 Å². The predicted molar refractivity (Wildman–Crippen MR) is 66.3 cm³/mol. The molecule has 1 N–H and O–H groups in total. The Balaban J connectivity index is 2.11. The normalized spacial score (nSPS) is 9.83. The van der Waals surface area contributed by atoms with Crippen LogP contribution < -0.4 is 14.8 Å². The van der Waals surface area contributed by atoms with E-state index < -0.39 is 0 Å². The molecule has 1 heterocycles. The number of nitrogens with zero attached hydrogens (tertiary/aromatic N) is 1. The van der Waals surface area contributed by atoms with Gasteiger partial charge in [-0.05, 0) is 30.3 Å². The quantitative estimate of drug-likeness (QED) is 0.658. The molecule has 1 amide bonds. The Labute approximate surface area is 104 Å². The van der Waals surface area contributed by atoms with Crippen molar-refractivity contribution in [1.29, 1.82) is 0 Å². The van der Waals surface area contributed by atoms with E-state index in [1.54, 1.807) is 37.4 Å². The molecule has 0 spiro atoms. The molecular formula is C13H12N2O3. The topological polar surface area (TPSA) is 65.3 Å². The summed E-state index contributed by atoms with van der Waals surface area (Å²) in [7, 11) is 1.57. The SMILES string of the molecule is COc1ccc(NC(=O)c2ccc[n+]([O-])c2)cc1. The highest BCUT2D eigenvalue weighted by atomic mass is 16.5. The molecule has 5 heteroatoms. The van der Waals surface area contributed by atoms with Crippen molar-refractivity contribution in [1.82, 2.24) is 0 Å². The highest BCUT2D eigenvalue weighted by Crippen LogP contribution is 2.15. The van der Waals surface area contributed by atoms with E-state index in [0.717, 1.165) is 0 Å². The van der Waals surface area contributed by atoms with Gasteiger partial charge >= 0.3 is 0 Å². The molecule has 1 aromatic carbocycles. The zero-order chi connectivity index (χ0) is 13.0. The van der Waals surface area contributed by atoms with Crippen molar-refractivity contribution in [2.45, 2.75) is 0 Å². The summed E-state index contributed by atoms with van der Waals surface area (Å²) in [5.74, 6) is 0.385. The standard InChI is InChI=1S/C13H12N2O3/c1-18-12-6-4-11(5-7-12)14-13(16)10-3-2-8-15(17)9-10/h2-9H,1H3,(H,14,16). The van der Waals surface area contributed by atoms with Gasteiger partial charge in [-0.1, -0.05) is 0 Å². The molecule has 0 fully saturated rings. The van der Waals surface area contributed by atoms with Crippen LogP contribution in [0, 0.1) is 5.21 Å². The van der Waals surface area contributed by atoms with E-state index in [9.17, 15) is 10.0 Å². The molecule has 0 aliphatic carbocycles. The maximum Gasteiger partial charge on any atom is 0.261 e. The van der Waals surface area contributed by atoms with E-state index in [4.69, 9.17) is 4.74 Å². The predicted octanol–water partition coefficient (Wildman–Crippen LogP) is 1.58. The number of rotatable bonds is 3. The third-order valence-electron chi connectivity index (χ3n) is 2.39. The van der Waals surface area contributed by atoms with Crippen LogP contribution in [0.1, 0.15) is 10.4 Å². The van der Waals surface area contributed by atoms with Crippen LogP contribution in [-0.4, -0.2) is 13.0 Å². The van der Waals surface area contributed by atoms with Crippen LogP contribution in [0.2, 0.25) is 0 Å². The van der Waals surface area contributed by atoms with Gasteiger partial charge in [0.2, 0.25) is 0 Å². The fourth-order valence-corrected chi connectivity index (χ4v) is 1.47. The molecule has 0 unspecified atom stereocenters. The molecule has 0 aliphatic rings. The van der Waals surface area contributed by atoms with E-state index in [0.29, 0.717) is 21.7 Å². The summed E-state index contributed by atoms with van der Waals surface area (Å²) in [6.45, 7) is 0. The fourth-order valence-electron chi connectivity index (χ4n) is 1.47. The monoisotopic (exact) mass is 244 g/mol. The Kier molecular flexibility index (Phi) is 3.43. The largest absolute Gasteiger partial charge is 0.619 e. The second-order valence-electron chi connectivity index (χ2n) is 3.64. The van der Waals surface area contributed by atoms with Gasteiger partial charge < -0.3 is 15.3 Å². The van der Waals surface area contributed by atoms with Crippen molar-refractivity contribution in [2.24, 2.45) is 0 Å². The first-order chi connectivity index (χ1) is 8.69. The van der Waals surface area contributed by atoms with Gasteiger partial charge in [-0.25, -0.2) is 0 Å². The summed E-state index contributed by atoms with van der Waals surface area (Å²) in [5.41, 5.74) is 0.949. The van der Waals surface area contributed by atoms with Gasteiger partial charge in [-0.3, -0.25) is 4.79 Å². The molecule has 0 aliphatic heterocycles. The van der Waals surface area contributed by atoms with E-state index in [1.165, 1.54) is 18.5 Å². The number of anilines is 1. The Morgan fingerprint density at radius 3 is 2.61 bits per heavy atom. The molecule has 18 heavy (non-hydrogen) atoms. The smallest absolute Gasteiger partial charge is 0.261 e. The van der Waals surface area contributed by atoms with E-state index in [2.05, 4.69) is 5.32 Å². The summed E-state index contributed by atoms with van der Waals surface area (Å²) in [6.07, 6.45) is 2.54. The van der Waals surface area contributed by atoms with Gasteiger partial charge in [0, 0.05) is 11.8 Å². The maximum atomic E-state index is 11.8. The van der Waals surface area contributed by atoms with Crippen LogP contribution in [0.15, 0.2) is 48.8 Å². The van der Waals surface area contributed by atoms with Crippen molar-refractivity contribution in [3.8, 4) is 5.75 Å². The zero-order valence-corrected chi connectivity index (χ0v) is 9.79. The molecule has 0 saturated carbocycles. The first-order valence-corrected chi connectivity index (χ1v) is 5.33. The Hall–Kier alpha value is -2.56. The second-order valence-corrected chi connectivity index (χ2v) is 3.64. The Bertz CT molecular complexity index is 552. The summed E-state index contributed by atoms with van der Waals surface area (Å²) in [4.78, 5) is 11.8. The van der Waals surface area contributed by atoms with Crippen molar-refractivity contribution in [3.05, 3.63) is 59.6 Å². The highest BCUT2D eigenvalue weighted by molar-refractivity contribution is 6.03. The number of nitrogens with one attached hydrogen (secondary N) is 1. The molecule has 0 saturated heterocycles. The number of benzene rings is 1.